The summed E-state index contributed by atoms with van der Waals surface area (Å²) in [5.41, 5.74) is 0.914. The summed E-state index contributed by atoms with van der Waals surface area (Å²) in [7, 11) is 1.66. The molecule has 3 nitrogen and oxygen atoms in total. The zero-order chi connectivity index (χ0) is 14.7. The van der Waals surface area contributed by atoms with Crippen LogP contribution in [0.1, 0.15) is 31.2 Å². The molecule has 2 aromatic rings. The van der Waals surface area contributed by atoms with Crippen LogP contribution in [0.25, 0.3) is 0 Å². The third kappa shape index (κ3) is 3.44. The standard InChI is InChI=1S/C15H17ClN2OS/c1-9(2)14-17-13(16)10(3)15(18-14)20-12-7-5-11(19-4)6-8-12/h5-9H,1-4H3. The molecule has 0 saturated carbocycles. The van der Waals surface area contributed by atoms with E-state index in [1.54, 1.807) is 18.9 Å². The number of hydrogen-bond acceptors (Lipinski definition) is 4. The van der Waals surface area contributed by atoms with Crippen LogP contribution in [0, 0.1) is 6.92 Å². The van der Waals surface area contributed by atoms with Crippen LogP contribution in [0.4, 0.5) is 0 Å². The monoisotopic (exact) mass is 308 g/mol. The molecule has 0 aliphatic heterocycles. The molecule has 106 valence electrons. The summed E-state index contributed by atoms with van der Waals surface area (Å²) in [6.45, 7) is 6.06. The molecule has 0 amide bonds. The number of rotatable bonds is 4. The van der Waals surface area contributed by atoms with Gasteiger partial charge in [0.25, 0.3) is 0 Å². The molecule has 20 heavy (non-hydrogen) atoms. The minimum Gasteiger partial charge on any atom is -0.497 e. The normalized spacial score (nSPS) is 10.9. The van der Waals surface area contributed by atoms with E-state index in [1.165, 1.54) is 0 Å². The van der Waals surface area contributed by atoms with Gasteiger partial charge in [-0.05, 0) is 31.2 Å². The van der Waals surface area contributed by atoms with Crippen molar-refractivity contribution in [1.82, 2.24) is 9.97 Å². The molecule has 1 aromatic heterocycles. The Bertz CT molecular complexity index is 600. The second-order valence-electron chi connectivity index (χ2n) is 4.74. The molecule has 0 bridgehead atoms. The summed E-state index contributed by atoms with van der Waals surface area (Å²) in [5, 5.41) is 1.43. The quantitative estimate of drug-likeness (QED) is 0.765. The highest BCUT2D eigenvalue weighted by Gasteiger charge is 2.13. The molecule has 0 aliphatic rings. The zero-order valence-corrected chi connectivity index (χ0v) is 13.5. The Morgan fingerprint density at radius 2 is 1.80 bits per heavy atom. The van der Waals surface area contributed by atoms with E-state index in [2.05, 4.69) is 23.8 Å². The van der Waals surface area contributed by atoms with E-state index < -0.39 is 0 Å². The summed E-state index contributed by atoms with van der Waals surface area (Å²) >= 11 is 7.78. The highest BCUT2D eigenvalue weighted by molar-refractivity contribution is 7.99. The minimum absolute atomic E-state index is 0.253. The number of benzene rings is 1. The summed E-state index contributed by atoms with van der Waals surface area (Å²) in [5.74, 6) is 1.87. The van der Waals surface area contributed by atoms with Gasteiger partial charge in [-0.2, -0.15) is 0 Å². The van der Waals surface area contributed by atoms with Crippen molar-refractivity contribution in [1.29, 1.82) is 0 Å². The lowest BCUT2D eigenvalue weighted by atomic mass is 10.2. The van der Waals surface area contributed by atoms with Crippen molar-refractivity contribution < 1.29 is 4.74 Å². The highest BCUT2D eigenvalue weighted by Crippen LogP contribution is 2.32. The molecule has 0 unspecified atom stereocenters. The maximum atomic E-state index is 6.19. The van der Waals surface area contributed by atoms with Gasteiger partial charge in [0, 0.05) is 16.4 Å². The van der Waals surface area contributed by atoms with E-state index in [4.69, 9.17) is 16.3 Å². The second-order valence-corrected chi connectivity index (χ2v) is 6.16. The molecular weight excluding hydrogens is 292 g/mol. The van der Waals surface area contributed by atoms with Gasteiger partial charge in [-0.1, -0.05) is 37.2 Å². The fourth-order valence-corrected chi connectivity index (χ4v) is 2.72. The SMILES string of the molecule is COc1ccc(Sc2nc(C(C)C)nc(Cl)c2C)cc1. The van der Waals surface area contributed by atoms with Gasteiger partial charge in [-0.15, -0.1) is 0 Å². The minimum atomic E-state index is 0.253. The topological polar surface area (TPSA) is 35.0 Å². The third-order valence-corrected chi connectivity index (χ3v) is 4.32. The van der Waals surface area contributed by atoms with Crippen LogP contribution < -0.4 is 4.74 Å². The number of methoxy groups -OCH3 is 1. The molecule has 2 rings (SSSR count). The molecule has 0 radical (unpaired) electrons. The Kier molecular flexibility index (Phi) is 4.89. The van der Waals surface area contributed by atoms with Crippen LogP contribution in [0.5, 0.6) is 5.75 Å². The van der Waals surface area contributed by atoms with Gasteiger partial charge in [0.2, 0.25) is 0 Å². The van der Waals surface area contributed by atoms with Gasteiger partial charge in [-0.25, -0.2) is 9.97 Å². The van der Waals surface area contributed by atoms with Crippen LogP contribution in [-0.4, -0.2) is 17.1 Å². The molecule has 0 aliphatic carbocycles. The third-order valence-electron chi connectivity index (χ3n) is 2.85. The van der Waals surface area contributed by atoms with Gasteiger partial charge in [-0.3, -0.25) is 0 Å². The van der Waals surface area contributed by atoms with Gasteiger partial charge < -0.3 is 4.74 Å². The van der Waals surface area contributed by atoms with Gasteiger partial charge >= 0.3 is 0 Å². The van der Waals surface area contributed by atoms with Crippen LogP contribution >= 0.6 is 23.4 Å². The van der Waals surface area contributed by atoms with Gasteiger partial charge in [0.15, 0.2) is 0 Å². The van der Waals surface area contributed by atoms with Crippen LogP contribution in [0.2, 0.25) is 5.15 Å². The average Bonchev–Trinajstić information content (AvgIpc) is 2.44. The summed E-state index contributed by atoms with van der Waals surface area (Å²) in [6.07, 6.45) is 0. The van der Waals surface area contributed by atoms with E-state index in [9.17, 15) is 0 Å². The van der Waals surface area contributed by atoms with Crippen molar-refractivity contribution in [2.75, 3.05) is 7.11 Å². The first-order valence-corrected chi connectivity index (χ1v) is 7.56. The first kappa shape index (κ1) is 15.1. The number of halogens is 1. The van der Waals surface area contributed by atoms with Crippen molar-refractivity contribution in [3.05, 3.63) is 40.8 Å². The summed E-state index contributed by atoms with van der Waals surface area (Å²) in [6, 6.07) is 7.88. The number of aromatic nitrogens is 2. The van der Waals surface area contributed by atoms with Crippen LogP contribution in [0.3, 0.4) is 0 Å². The van der Waals surface area contributed by atoms with Gasteiger partial charge in [0.1, 0.15) is 21.8 Å². The maximum absolute atomic E-state index is 6.19. The Hall–Kier alpha value is -1.26. The predicted molar refractivity (Wildman–Crippen MR) is 83.0 cm³/mol. The molecule has 0 atom stereocenters. The van der Waals surface area contributed by atoms with Crippen molar-refractivity contribution in [2.45, 2.75) is 36.6 Å². The largest absolute Gasteiger partial charge is 0.497 e. The second kappa shape index (κ2) is 6.46. The van der Waals surface area contributed by atoms with Crippen LogP contribution in [-0.2, 0) is 0 Å². The first-order chi connectivity index (χ1) is 9.51. The van der Waals surface area contributed by atoms with E-state index in [-0.39, 0.29) is 5.92 Å². The molecule has 0 spiro atoms. The Balaban J connectivity index is 2.31. The number of ether oxygens (including phenoxy) is 1. The fraction of sp³-hybridized carbons (Fsp3) is 0.333. The molecule has 0 N–H and O–H groups in total. The number of hydrogen-bond donors (Lipinski definition) is 0. The van der Waals surface area contributed by atoms with E-state index >= 15 is 0 Å². The summed E-state index contributed by atoms with van der Waals surface area (Å²) in [4.78, 5) is 10.0. The Morgan fingerprint density at radius 3 is 2.35 bits per heavy atom. The summed E-state index contributed by atoms with van der Waals surface area (Å²) < 4.78 is 5.16. The highest BCUT2D eigenvalue weighted by atomic mass is 35.5. The van der Waals surface area contributed by atoms with Crippen molar-refractivity contribution >= 4 is 23.4 Å². The lowest BCUT2D eigenvalue weighted by Crippen LogP contribution is -2.01. The molecule has 5 heteroatoms. The average molecular weight is 309 g/mol. The molecule has 1 aromatic carbocycles. The van der Waals surface area contributed by atoms with E-state index in [0.717, 1.165) is 27.1 Å². The first-order valence-electron chi connectivity index (χ1n) is 6.37. The van der Waals surface area contributed by atoms with E-state index in [1.807, 2.05) is 31.2 Å². The van der Waals surface area contributed by atoms with Gasteiger partial charge in [0.05, 0.1) is 7.11 Å². The smallest absolute Gasteiger partial charge is 0.136 e. The molecular formula is C15H17ClN2OS. The van der Waals surface area contributed by atoms with Crippen molar-refractivity contribution in [3.63, 3.8) is 0 Å². The molecule has 0 fully saturated rings. The maximum Gasteiger partial charge on any atom is 0.136 e. The lowest BCUT2D eigenvalue weighted by molar-refractivity contribution is 0.414. The van der Waals surface area contributed by atoms with Crippen LogP contribution in [0.15, 0.2) is 34.2 Å². The number of nitrogens with zero attached hydrogens (tertiary/aromatic N) is 2. The zero-order valence-electron chi connectivity index (χ0n) is 12.0. The Morgan fingerprint density at radius 1 is 1.15 bits per heavy atom. The molecule has 0 saturated heterocycles. The van der Waals surface area contributed by atoms with Crippen molar-refractivity contribution in [3.8, 4) is 5.75 Å². The predicted octanol–water partition coefficient (Wildman–Crippen LogP) is 4.72. The van der Waals surface area contributed by atoms with Crippen molar-refractivity contribution in [2.24, 2.45) is 0 Å². The van der Waals surface area contributed by atoms with E-state index in [0.29, 0.717) is 5.15 Å². The molecule has 1 heterocycles. The Labute approximate surface area is 128 Å². The fourth-order valence-electron chi connectivity index (χ4n) is 1.60. The lowest BCUT2D eigenvalue weighted by Gasteiger charge is -2.11.